The highest BCUT2D eigenvalue weighted by atomic mass is 35.5. The minimum atomic E-state index is -0.0502. The highest BCUT2D eigenvalue weighted by molar-refractivity contribution is 6.30. The van der Waals surface area contributed by atoms with E-state index in [9.17, 15) is 4.79 Å². The van der Waals surface area contributed by atoms with Crippen LogP contribution in [-0.2, 0) is 0 Å². The van der Waals surface area contributed by atoms with Gasteiger partial charge >= 0.3 is 6.03 Å². The fraction of sp³-hybridized carbons (Fsp3) is 0.353. The molecule has 1 aromatic carbocycles. The summed E-state index contributed by atoms with van der Waals surface area (Å²) in [6.07, 6.45) is 5.88. The minimum absolute atomic E-state index is 0.0502. The van der Waals surface area contributed by atoms with Crippen LogP contribution in [0.2, 0.25) is 5.02 Å². The molecule has 4 rings (SSSR count). The molecule has 3 unspecified atom stereocenters. The van der Waals surface area contributed by atoms with Crippen LogP contribution < -0.4 is 10.6 Å². The third kappa shape index (κ3) is 2.53. The molecule has 2 bridgehead atoms. The van der Waals surface area contributed by atoms with Gasteiger partial charge in [-0.3, -0.25) is 4.57 Å². The number of carbonyl (C=O) groups is 1. The second kappa shape index (κ2) is 5.45. The highest BCUT2D eigenvalue weighted by Gasteiger charge is 2.40. The molecule has 1 aromatic heterocycles. The fourth-order valence-electron chi connectivity index (χ4n) is 3.61. The summed E-state index contributed by atoms with van der Waals surface area (Å²) >= 11 is 6.02. The molecular weight excluding hydrogens is 298 g/mol. The van der Waals surface area contributed by atoms with Crippen LogP contribution in [0.25, 0.3) is 11.1 Å². The molecule has 1 aliphatic carbocycles. The molecule has 5 heteroatoms. The zero-order valence-corrected chi connectivity index (χ0v) is 12.9. The van der Waals surface area contributed by atoms with E-state index in [1.165, 1.54) is 6.42 Å². The first-order valence-electron chi connectivity index (χ1n) is 7.67. The molecule has 22 heavy (non-hydrogen) atoms. The van der Waals surface area contributed by atoms with E-state index < -0.39 is 0 Å². The van der Waals surface area contributed by atoms with Crippen LogP contribution in [-0.4, -0.2) is 29.2 Å². The molecule has 3 atom stereocenters. The summed E-state index contributed by atoms with van der Waals surface area (Å²) in [6.45, 7) is 1.02. The maximum atomic E-state index is 12.4. The summed E-state index contributed by atoms with van der Waals surface area (Å²) in [4.78, 5) is 12.4. The second-order valence-corrected chi connectivity index (χ2v) is 6.65. The molecule has 2 heterocycles. The van der Waals surface area contributed by atoms with E-state index in [0.29, 0.717) is 23.0 Å². The van der Waals surface area contributed by atoms with Crippen LogP contribution in [0.3, 0.4) is 0 Å². The lowest BCUT2D eigenvalue weighted by molar-refractivity contribution is 0.233. The average Bonchev–Trinajstić information content (AvgIpc) is 3.23. The van der Waals surface area contributed by atoms with Crippen molar-refractivity contribution in [3.8, 4) is 11.1 Å². The van der Waals surface area contributed by atoms with E-state index in [2.05, 4.69) is 10.6 Å². The normalized spacial score (nSPS) is 26.3. The number of nitrogens with one attached hydrogen (secondary N) is 2. The third-order valence-corrected chi connectivity index (χ3v) is 4.99. The molecule has 1 saturated heterocycles. The Morgan fingerprint density at radius 3 is 2.91 bits per heavy atom. The van der Waals surface area contributed by atoms with Gasteiger partial charge in [0.2, 0.25) is 0 Å². The predicted molar refractivity (Wildman–Crippen MR) is 87.1 cm³/mol. The van der Waals surface area contributed by atoms with Crippen molar-refractivity contribution in [2.45, 2.75) is 24.9 Å². The van der Waals surface area contributed by atoms with Gasteiger partial charge < -0.3 is 10.6 Å². The molecule has 2 fully saturated rings. The van der Waals surface area contributed by atoms with Crippen LogP contribution in [0.5, 0.6) is 0 Å². The molecule has 0 spiro atoms. The van der Waals surface area contributed by atoms with Gasteiger partial charge in [0, 0.05) is 36.0 Å². The summed E-state index contributed by atoms with van der Waals surface area (Å²) < 4.78 is 1.62. The molecule has 114 valence electrons. The van der Waals surface area contributed by atoms with Gasteiger partial charge in [0.25, 0.3) is 0 Å². The summed E-state index contributed by atoms with van der Waals surface area (Å²) in [6, 6.07) is 10.4. The smallest absolute Gasteiger partial charge is 0.325 e. The van der Waals surface area contributed by atoms with Crippen LogP contribution in [0, 0.1) is 5.92 Å². The number of carbonyl (C=O) groups excluding carboxylic acids is 1. The maximum absolute atomic E-state index is 12.4. The number of nitrogens with zero attached hydrogens (tertiary/aromatic N) is 1. The Kier molecular flexibility index (Phi) is 3.43. The first kappa shape index (κ1) is 13.9. The SMILES string of the molecule is O=C(NC1CC2CC1CN2)n1ccc(-c2cccc(Cl)c2)c1. The number of benzene rings is 1. The second-order valence-electron chi connectivity index (χ2n) is 6.21. The van der Waals surface area contributed by atoms with Gasteiger partial charge in [-0.15, -0.1) is 0 Å². The topological polar surface area (TPSA) is 46.1 Å². The minimum Gasteiger partial charge on any atom is -0.334 e. The van der Waals surface area contributed by atoms with E-state index in [0.717, 1.165) is 24.1 Å². The summed E-state index contributed by atoms with van der Waals surface area (Å²) in [7, 11) is 0. The van der Waals surface area contributed by atoms with Crippen molar-refractivity contribution in [1.29, 1.82) is 0 Å². The number of rotatable bonds is 2. The Morgan fingerprint density at radius 2 is 2.18 bits per heavy atom. The summed E-state index contributed by atoms with van der Waals surface area (Å²) in [5.41, 5.74) is 2.01. The quantitative estimate of drug-likeness (QED) is 0.894. The summed E-state index contributed by atoms with van der Waals surface area (Å²) in [5.74, 6) is 0.580. The molecule has 4 nitrogen and oxygen atoms in total. The number of amides is 1. The number of piperidine rings is 1. The zero-order valence-electron chi connectivity index (χ0n) is 12.1. The van der Waals surface area contributed by atoms with Gasteiger partial charge in [0.15, 0.2) is 0 Å². The predicted octanol–water partition coefficient (Wildman–Crippen LogP) is 3.12. The monoisotopic (exact) mass is 315 g/mol. The number of aromatic nitrogens is 1. The van der Waals surface area contributed by atoms with E-state index in [4.69, 9.17) is 11.6 Å². The molecule has 0 radical (unpaired) electrons. The lowest BCUT2D eigenvalue weighted by atomic mass is 10.0. The van der Waals surface area contributed by atoms with Gasteiger partial charge in [0.05, 0.1) is 0 Å². The van der Waals surface area contributed by atoms with Crippen LogP contribution in [0.15, 0.2) is 42.7 Å². The van der Waals surface area contributed by atoms with Crippen molar-refractivity contribution in [2.75, 3.05) is 6.54 Å². The Labute approximate surface area is 134 Å². The molecular formula is C17H18ClN3O. The number of halogens is 1. The standard InChI is InChI=1S/C17H18ClN3O/c18-14-3-1-2-11(6-14)12-4-5-21(10-12)17(22)20-16-8-15-7-13(16)9-19-15/h1-6,10,13,15-16,19H,7-9H2,(H,20,22). The van der Waals surface area contributed by atoms with E-state index in [1.807, 2.05) is 36.5 Å². The molecule has 1 aliphatic heterocycles. The summed E-state index contributed by atoms with van der Waals surface area (Å²) in [5, 5.41) is 7.32. The van der Waals surface area contributed by atoms with Crippen molar-refractivity contribution >= 4 is 17.6 Å². The lowest BCUT2D eigenvalue weighted by Gasteiger charge is -2.23. The zero-order chi connectivity index (χ0) is 15.1. The average molecular weight is 316 g/mol. The van der Waals surface area contributed by atoms with Gasteiger partial charge in [-0.2, -0.15) is 0 Å². The van der Waals surface area contributed by atoms with Crippen molar-refractivity contribution in [2.24, 2.45) is 5.92 Å². The van der Waals surface area contributed by atoms with Crippen molar-refractivity contribution < 1.29 is 4.79 Å². The number of hydrogen-bond donors (Lipinski definition) is 2. The Hall–Kier alpha value is -1.78. The molecule has 1 amide bonds. The third-order valence-electron chi connectivity index (χ3n) is 4.76. The Bertz CT molecular complexity index is 711. The van der Waals surface area contributed by atoms with E-state index >= 15 is 0 Å². The Morgan fingerprint density at radius 1 is 1.27 bits per heavy atom. The first-order chi connectivity index (χ1) is 10.7. The van der Waals surface area contributed by atoms with Gasteiger partial charge in [-0.05, 0) is 48.1 Å². The molecule has 2 N–H and O–H groups in total. The molecule has 2 aliphatic rings. The van der Waals surface area contributed by atoms with Crippen molar-refractivity contribution in [1.82, 2.24) is 15.2 Å². The molecule has 1 saturated carbocycles. The van der Waals surface area contributed by atoms with Crippen molar-refractivity contribution in [3.05, 3.63) is 47.7 Å². The largest absolute Gasteiger partial charge is 0.334 e. The molecule has 2 aromatic rings. The van der Waals surface area contributed by atoms with Gasteiger partial charge in [-0.1, -0.05) is 23.7 Å². The van der Waals surface area contributed by atoms with Crippen LogP contribution >= 0.6 is 11.6 Å². The van der Waals surface area contributed by atoms with Gasteiger partial charge in [0.1, 0.15) is 0 Å². The van der Waals surface area contributed by atoms with Gasteiger partial charge in [-0.25, -0.2) is 4.79 Å². The first-order valence-corrected chi connectivity index (χ1v) is 8.05. The van der Waals surface area contributed by atoms with Crippen LogP contribution in [0.1, 0.15) is 12.8 Å². The van der Waals surface area contributed by atoms with Crippen molar-refractivity contribution in [3.63, 3.8) is 0 Å². The van der Waals surface area contributed by atoms with E-state index in [1.54, 1.807) is 10.8 Å². The maximum Gasteiger partial charge on any atom is 0.325 e. The Balaban J connectivity index is 1.48. The lowest BCUT2D eigenvalue weighted by Crippen LogP contribution is -2.45. The van der Waals surface area contributed by atoms with Crippen LogP contribution in [0.4, 0.5) is 4.79 Å². The number of hydrogen-bond acceptors (Lipinski definition) is 2. The fourth-order valence-corrected chi connectivity index (χ4v) is 3.80. The van der Waals surface area contributed by atoms with E-state index in [-0.39, 0.29) is 6.03 Å². The highest BCUT2D eigenvalue weighted by Crippen LogP contribution is 2.31. The number of fused-ring (bicyclic) bond motifs is 2.